The van der Waals surface area contributed by atoms with Crippen molar-refractivity contribution in [2.45, 2.75) is 18.8 Å². The summed E-state index contributed by atoms with van der Waals surface area (Å²) in [5, 5.41) is 3.38. The van der Waals surface area contributed by atoms with E-state index in [0.717, 1.165) is 54.6 Å². The quantitative estimate of drug-likeness (QED) is 0.763. The molecule has 5 nitrogen and oxygen atoms in total. The van der Waals surface area contributed by atoms with E-state index in [-0.39, 0.29) is 12.4 Å². The van der Waals surface area contributed by atoms with Gasteiger partial charge in [-0.2, -0.15) is 0 Å². The lowest BCUT2D eigenvalue weighted by Crippen LogP contribution is -2.27. The van der Waals surface area contributed by atoms with E-state index in [1.807, 2.05) is 24.4 Å². The number of piperidine rings is 1. The molecule has 6 heteroatoms. The standard InChI is InChI=1S/C15H16N4O.ClH/c1-2-14(20-7-1)12-8-11-13(18-12)9-17-15(19-11)10-3-5-16-6-4-10;/h1-2,7-10,16H,3-6H2,(H,17,19);1H. The molecule has 3 aliphatic heterocycles. The van der Waals surface area contributed by atoms with Gasteiger partial charge >= 0.3 is 0 Å². The van der Waals surface area contributed by atoms with Crippen LogP contribution in [0.5, 0.6) is 0 Å². The first-order valence-electron chi connectivity index (χ1n) is 7.00. The Morgan fingerprint density at radius 1 is 1.19 bits per heavy atom. The third kappa shape index (κ3) is 2.66. The van der Waals surface area contributed by atoms with Gasteiger partial charge in [-0.3, -0.25) is 0 Å². The van der Waals surface area contributed by atoms with Gasteiger partial charge in [-0.25, -0.2) is 9.97 Å². The fourth-order valence-corrected chi connectivity index (χ4v) is 2.79. The Labute approximate surface area is 128 Å². The van der Waals surface area contributed by atoms with E-state index in [2.05, 4.69) is 20.3 Å². The maximum atomic E-state index is 5.39. The van der Waals surface area contributed by atoms with Gasteiger partial charge in [0.1, 0.15) is 17.2 Å². The minimum absolute atomic E-state index is 0. The molecule has 0 aliphatic carbocycles. The lowest BCUT2D eigenvalue weighted by molar-refractivity contribution is 0.445. The molecule has 0 saturated carbocycles. The molecule has 0 bridgehead atoms. The molecule has 0 atom stereocenters. The number of aromatic amines is 1. The number of halogens is 1. The topological polar surface area (TPSA) is 66.7 Å². The largest absolute Gasteiger partial charge is 0.463 e. The molecule has 0 aromatic carbocycles. The highest BCUT2D eigenvalue weighted by Crippen LogP contribution is 2.29. The zero-order chi connectivity index (χ0) is 13.4. The predicted octanol–water partition coefficient (Wildman–Crippen LogP) is 3.06. The molecule has 0 spiro atoms. The molecule has 3 aliphatic rings. The van der Waals surface area contributed by atoms with Gasteiger partial charge in [-0.15, -0.1) is 12.4 Å². The van der Waals surface area contributed by atoms with Gasteiger partial charge in [0.15, 0.2) is 5.76 Å². The van der Waals surface area contributed by atoms with Crippen molar-refractivity contribution in [3.8, 4) is 22.8 Å². The van der Waals surface area contributed by atoms with Crippen molar-refractivity contribution >= 4 is 12.4 Å². The van der Waals surface area contributed by atoms with Crippen molar-refractivity contribution < 1.29 is 4.42 Å². The maximum Gasteiger partial charge on any atom is 0.152 e. The number of hydrogen-bond donors (Lipinski definition) is 2. The van der Waals surface area contributed by atoms with E-state index in [4.69, 9.17) is 4.42 Å². The van der Waals surface area contributed by atoms with Crippen LogP contribution in [0.2, 0.25) is 0 Å². The van der Waals surface area contributed by atoms with E-state index in [0.29, 0.717) is 5.92 Å². The van der Waals surface area contributed by atoms with Gasteiger partial charge in [0.2, 0.25) is 0 Å². The second-order valence-corrected chi connectivity index (χ2v) is 5.21. The van der Waals surface area contributed by atoms with Gasteiger partial charge in [0, 0.05) is 5.92 Å². The zero-order valence-electron chi connectivity index (χ0n) is 11.5. The van der Waals surface area contributed by atoms with E-state index >= 15 is 0 Å². The minimum atomic E-state index is 0. The fraction of sp³-hybridized carbons (Fsp3) is 0.333. The predicted molar refractivity (Wildman–Crippen MR) is 82.8 cm³/mol. The molecule has 2 N–H and O–H groups in total. The molecule has 1 aromatic heterocycles. The normalized spacial score (nSPS) is 16.0. The number of nitrogens with one attached hydrogen (secondary N) is 2. The van der Waals surface area contributed by atoms with E-state index in [1.54, 1.807) is 6.26 Å². The molecule has 0 amide bonds. The summed E-state index contributed by atoms with van der Waals surface area (Å²) in [5.74, 6) is 2.37. The van der Waals surface area contributed by atoms with Crippen LogP contribution in [0.25, 0.3) is 22.8 Å². The summed E-state index contributed by atoms with van der Waals surface area (Å²) in [4.78, 5) is 12.5. The lowest BCUT2D eigenvalue weighted by atomic mass is 9.97. The van der Waals surface area contributed by atoms with Gasteiger partial charge in [-0.05, 0) is 44.1 Å². The number of rotatable bonds is 2. The van der Waals surface area contributed by atoms with Crippen LogP contribution in [0.1, 0.15) is 24.6 Å². The van der Waals surface area contributed by atoms with Crippen LogP contribution in [0, 0.1) is 0 Å². The first-order chi connectivity index (χ1) is 9.90. The molecule has 110 valence electrons. The van der Waals surface area contributed by atoms with Crippen LogP contribution in [0.3, 0.4) is 0 Å². The number of hydrogen-bond acceptors (Lipinski definition) is 4. The highest BCUT2D eigenvalue weighted by molar-refractivity contribution is 5.85. The van der Waals surface area contributed by atoms with Crippen molar-refractivity contribution in [1.82, 2.24) is 20.3 Å². The Kier molecular flexibility index (Phi) is 3.94. The van der Waals surface area contributed by atoms with Crippen LogP contribution in [0.15, 0.2) is 35.1 Å². The lowest BCUT2D eigenvalue weighted by Gasteiger charge is -2.22. The number of fused-ring (bicyclic) bond motifs is 1. The molecule has 4 rings (SSSR count). The third-order valence-electron chi connectivity index (χ3n) is 3.89. The fourth-order valence-electron chi connectivity index (χ4n) is 2.79. The maximum absolute atomic E-state index is 5.39. The molecule has 1 saturated heterocycles. The van der Waals surface area contributed by atoms with Crippen LogP contribution < -0.4 is 5.32 Å². The van der Waals surface area contributed by atoms with Crippen LogP contribution in [-0.4, -0.2) is 28.0 Å². The molecular formula is C15H17ClN4O. The smallest absolute Gasteiger partial charge is 0.152 e. The highest BCUT2D eigenvalue weighted by atomic mass is 35.5. The number of furan rings is 1. The number of nitrogens with zero attached hydrogens (tertiary/aromatic N) is 2. The van der Waals surface area contributed by atoms with Crippen molar-refractivity contribution in [2.24, 2.45) is 0 Å². The van der Waals surface area contributed by atoms with E-state index in [9.17, 15) is 0 Å². The monoisotopic (exact) mass is 304 g/mol. The van der Waals surface area contributed by atoms with Crippen LogP contribution in [-0.2, 0) is 0 Å². The van der Waals surface area contributed by atoms with Gasteiger partial charge in [-0.1, -0.05) is 0 Å². The average Bonchev–Trinajstić information content (AvgIpc) is 3.16. The Bertz CT molecular complexity index is 673. The van der Waals surface area contributed by atoms with Crippen molar-refractivity contribution in [3.63, 3.8) is 0 Å². The molecule has 1 aromatic rings. The molecule has 0 radical (unpaired) electrons. The van der Waals surface area contributed by atoms with Gasteiger partial charge in [0.25, 0.3) is 0 Å². The summed E-state index contributed by atoms with van der Waals surface area (Å²) < 4.78 is 5.39. The first-order valence-corrected chi connectivity index (χ1v) is 7.00. The number of aromatic nitrogens is 3. The van der Waals surface area contributed by atoms with E-state index < -0.39 is 0 Å². The summed E-state index contributed by atoms with van der Waals surface area (Å²) in [5.41, 5.74) is 2.76. The van der Waals surface area contributed by atoms with E-state index in [1.165, 1.54) is 0 Å². The summed E-state index contributed by atoms with van der Waals surface area (Å²) in [6.07, 6.45) is 5.79. The Morgan fingerprint density at radius 3 is 2.81 bits per heavy atom. The highest BCUT2D eigenvalue weighted by Gasteiger charge is 2.20. The summed E-state index contributed by atoms with van der Waals surface area (Å²) in [7, 11) is 0. The molecule has 0 unspecified atom stereocenters. The Hall–Kier alpha value is -1.85. The SMILES string of the molecule is Cl.c1coc(-c2cc3[nH]c(C4CCNCC4)ncc-3n2)c1. The van der Waals surface area contributed by atoms with Gasteiger partial charge < -0.3 is 14.7 Å². The zero-order valence-corrected chi connectivity index (χ0v) is 12.3. The van der Waals surface area contributed by atoms with Crippen molar-refractivity contribution in [2.75, 3.05) is 13.1 Å². The Balaban J connectivity index is 0.00000132. The summed E-state index contributed by atoms with van der Waals surface area (Å²) in [6, 6.07) is 5.82. The van der Waals surface area contributed by atoms with Gasteiger partial charge in [0.05, 0.1) is 18.2 Å². The summed E-state index contributed by atoms with van der Waals surface area (Å²) >= 11 is 0. The molecule has 1 fully saturated rings. The second kappa shape index (κ2) is 5.87. The summed E-state index contributed by atoms with van der Waals surface area (Å²) in [6.45, 7) is 2.13. The molecule has 4 heterocycles. The molecule has 21 heavy (non-hydrogen) atoms. The minimum Gasteiger partial charge on any atom is -0.463 e. The van der Waals surface area contributed by atoms with Crippen LogP contribution >= 0.6 is 12.4 Å². The average molecular weight is 305 g/mol. The molecular weight excluding hydrogens is 288 g/mol. The van der Waals surface area contributed by atoms with Crippen molar-refractivity contribution in [3.05, 3.63) is 36.5 Å². The van der Waals surface area contributed by atoms with Crippen LogP contribution in [0.4, 0.5) is 0 Å². The third-order valence-corrected chi connectivity index (χ3v) is 3.89. The second-order valence-electron chi connectivity index (χ2n) is 5.21. The first kappa shape index (κ1) is 14.1. The Morgan fingerprint density at radius 2 is 2.05 bits per heavy atom. The number of H-pyrrole nitrogens is 1. The van der Waals surface area contributed by atoms with Crippen molar-refractivity contribution in [1.29, 1.82) is 0 Å².